The zero-order valence-corrected chi connectivity index (χ0v) is 17.1. The van der Waals surface area contributed by atoms with E-state index in [4.69, 9.17) is 4.52 Å². The second kappa shape index (κ2) is 8.41. The number of aromatic nitrogens is 1. The molecule has 1 saturated heterocycles. The highest BCUT2D eigenvalue weighted by atomic mass is 32.2. The Morgan fingerprint density at radius 2 is 1.78 bits per heavy atom. The average Bonchev–Trinajstić information content (AvgIpc) is 2.95. The van der Waals surface area contributed by atoms with Gasteiger partial charge in [-0.25, -0.2) is 8.42 Å². The number of sulfonamides is 1. The van der Waals surface area contributed by atoms with E-state index in [1.54, 1.807) is 26.0 Å². The van der Waals surface area contributed by atoms with Crippen LogP contribution in [-0.2, 0) is 16.4 Å². The quantitative estimate of drug-likeness (QED) is 0.779. The molecular weight excluding hydrogens is 364 g/mol. The smallest absolute Gasteiger partial charge is 0.262 e. The molecule has 148 valence electrons. The molecule has 1 fully saturated rings. The van der Waals surface area contributed by atoms with Gasteiger partial charge in [-0.1, -0.05) is 17.3 Å². The lowest BCUT2D eigenvalue weighted by Gasteiger charge is -2.32. The molecule has 3 rings (SSSR count). The third-order valence-electron chi connectivity index (χ3n) is 5.04. The Kier molecular flexibility index (Phi) is 6.18. The highest BCUT2D eigenvalue weighted by molar-refractivity contribution is 7.92. The van der Waals surface area contributed by atoms with Gasteiger partial charge in [0.1, 0.15) is 11.4 Å². The van der Waals surface area contributed by atoms with Crippen molar-refractivity contribution in [3.05, 3.63) is 41.3 Å². The highest BCUT2D eigenvalue weighted by Crippen LogP contribution is 2.23. The van der Waals surface area contributed by atoms with Crippen LogP contribution in [0.5, 0.6) is 0 Å². The molecule has 0 spiro atoms. The number of rotatable bonds is 7. The van der Waals surface area contributed by atoms with Gasteiger partial charge < -0.3 is 14.3 Å². The Bertz CT molecular complexity index is 834. The van der Waals surface area contributed by atoms with Gasteiger partial charge in [0, 0.05) is 26.2 Å². The summed E-state index contributed by atoms with van der Waals surface area (Å²) in [6.07, 6.45) is 2.02. The molecule has 0 saturated carbocycles. The number of benzene rings is 1. The number of hydrogen-bond acceptors (Lipinski definition) is 6. The molecule has 0 unspecified atom stereocenters. The summed E-state index contributed by atoms with van der Waals surface area (Å²) in [6, 6.07) is 7.11. The lowest BCUT2D eigenvalue weighted by molar-refractivity contribution is 0.153. The molecule has 0 bridgehead atoms. The van der Waals surface area contributed by atoms with Crippen molar-refractivity contribution >= 4 is 15.7 Å². The summed E-state index contributed by atoms with van der Waals surface area (Å²) < 4.78 is 32.7. The van der Waals surface area contributed by atoms with Crippen molar-refractivity contribution in [3.8, 4) is 0 Å². The van der Waals surface area contributed by atoms with Crippen LogP contribution in [0.25, 0.3) is 0 Å². The second-order valence-corrected chi connectivity index (χ2v) is 8.88. The van der Waals surface area contributed by atoms with Crippen molar-refractivity contribution in [2.24, 2.45) is 0 Å². The molecule has 2 aromatic rings. The maximum atomic E-state index is 12.6. The maximum Gasteiger partial charge on any atom is 0.262 e. The molecule has 1 aromatic heterocycles. The topological polar surface area (TPSA) is 78.7 Å². The van der Waals surface area contributed by atoms with Gasteiger partial charge in [-0.05, 0) is 58.0 Å². The summed E-state index contributed by atoms with van der Waals surface area (Å²) >= 11 is 0. The predicted octanol–water partition coefficient (Wildman–Crippen LogP) is 2.27. The van der Waals surface area contributed by atoms with Crippen LogP contribution in [0.15, 0.2) is 33.7 Å². The van der Waals surface area contributed by atoms with E-state index in [0.29, 0.717) is 17.1 Å². The van der Waals surface area contributed by atoms with E-state index in [2.05, 4.69) is 26.7 Å². The maximum absolute atomic E-state index is 12.6. The Hall–Kier alpha value is -1.90. The summed E-state index contributed by atoms with van der Waals surface area (Å²) in [5.74, 6) is 0.455. The molecule has 1 aliphatic heterocycles. The van der Waals surface area contributed by atoms with Crippen LogP contribution < -0.4 is 4.72 Å². The third kappa shape index (κ3) is 5.09. The van der Waals surface area contributed by atoms with Gasteiger partial charge in [0.15, 0.2) is 5.76 Å². The Labute approximate surface area is 161 Å². The van der Waals surface area contributed by atoms with Gasteiger partial charge in [0.2, 0.25) is 0 Å². The number of piperazine rings is 1. The Morgan fingerprint density at radius 1 is 1.11 bits per heavy atom. The zero-order chi connectivity index (χ0) is 19.4. The zero-order valence-electron chi connectivity index (χ0n) is 16.2. The molecule has 1 aliphatic rings. The second-order valence-electron chi connectivity index (χ2n) is 7.20. The molecule has 0 atom stereocenters. The number of nitrogens with zero attached hydrogens (tertiary/aromatic N) is 3. The van der Waals surface area contributed by atoms with E-state index in [1.165, 1.54) is 0 Å². The minimum absolute atomic E-state index is 0.241. The Balaban J connectivity index is 1.55. The van der Waals surface area contributed by atoms with Crippen LogP contribution in [0.4, 0.5) is 5.69 Å². The summed E-state index contributed by atoms with van der Waals surface area (Å²) in [6.45, 7) is 8.98. The van der Waals surface area contributed by atoms with Gasteiger partial charge in [0.05, 0.1) is 4.90 Å². The SMILES string of the molecule is Cc1noc(C)c1NS(=O)(=O)c1ccc(CCCN2CCN(C)CC2)cc1. The fraction of sp³-hybridized carbons (Fsp3) is 0.526. The van der Waals surface area contributed by atoms with E-state index in [1.807, 2.05) is 12.1 Å². The van der Waals surface area contributed by atoms with Gasteiger partial charge in [-0.2, -0.15) is 0 Å². The van der Waals surface area contributed by atoms with Gasteiger partial charge in [-0.3, -0.25) is 4.72 Å². The van der Waals surface area contributed by atoms with Crippen molar-refractivity contribution in [2.45, 2.75) is 31.6 Å². The molecule has 1 aromatic carbocycles. The summed E-state index contributed by atoms with van der Waals surface area (Å²) in [5, 5.41) is 3.78. The largest absolute Gasteiger partial charge is 0.359 e. The van der Waals surface area contributed by atoms with Gasteiger partial charge in [-0.15, -0.1) is 0 Å². The average molecular weight is 393 g/mol. The number of likely N-dealkylation sites (N-methyl/N-ethyl adjacent to an activating group) is 1. The molecule has 0 amide bonds. The van der Waals surface area contributed by atoms with Crippen LogP contribution in [0.1, 0.15) is 23.4 Å². The molecule has 27 heavy (non-hydrogen) atoms. The molecule has 0 aliphatic carbocycles. The van der Waals surface area contributed by atoms with Crippen LogP contribution in [0.2, 0.25) is 0 Å². The predicted molar refractivity (Wildman–Crippen MR) is 105 cm³/mol. The molecule has 1 N–H and O–H groups in total. The van der Waals surface area contributed by atoms with Gasteiger partial charge >= 0.3 is 0 Å². The standard InChI is InChI=1S/C19H28N4O3S/c1-15-19(16(2)26-20-15)21-27(24,25)18-8-6-17(7-9-18)5-4-10-23-13-11-22(3)12-14-23/h6-9,21H,4-5,10-14H2,1-3H3. The molecular formula is C19H28N4O3S. The summed E-state index contributed by atoms with van der Waals surface area (Å²) in [5.41, 5.74) is 2.09. The Morgan fingerprint density at radius 3 is 2.37 bits per heavy atom. The van der Waals surface area contributed by atoms with Crippen LogP contribution in [0, 0.1) is 13.8 Å². The monoisotopic (exact) mass is 392 g/mol. The fourth-order valence-corrected chi connectivity index (χ4v) is 4.41. The minimum Gasteiger partial charge on any atom is -0.359 e. The first-order chi connectivity index (χ1) is 12.8. The molecule has 7 nitrogen and oxygen atoms in total. The summed E-state index contributed by atoms with van der Waals surface area (Å²) in [4.78, 5) is 5.09. The molecule has 8 heteroatoms. The van der Waals surface area contributed by atoms with Crippen LogP contribution in [0.3, 0.4) is 0 Å². The number of anilines is 1. The van der Waals surface area contributed by atoms with Crippen molar-refractivity contribution in [1.82, 2.24) is 15.0 Å². The van der Waals surface area contributed by atoms with Crippen molar-refractivity contribution in [2.75, 3.05) is 44.5 Å². The van der Waals surface area contributed by atoms with E-state index in [9.17, 15) is 8.42 Å². The minimum atomic E-state index is -3.65. The van der Waals surface area contributed by atoms with Crippen molar-refractivity contribution < 1.29 is 12.9 Å². The lowest BCUT2D eigenvalue weighted by Crippen LogP contribution is -2.44. The van der Waals surface area contributed by atoms with Crippen LogP contribution in [-0.4, -0.2) is 63.1 Å². The van der Waals surface area contributed by atoms with Gasteiger partial charge in [0.25, 0.3) is 10.0 Å². The van der Waals surface area contributed by atoms with E-state index in [0.717, 1.165) is 51.1 Å². The highest BCUT2D eigenvalue weighted by Gasteiger charge is 2.19. The molecule has 0 radical (unpaired) electrons. The number of nitrogens with one attached hydrogen (secondary N) is 1. The normalized spacial score (nSPS) is 16.6. The first-order valence-corrected chi connectivity index (χ1v) is 10.8. The number of hydrogen-bond donors (Lipinski definition) is 1. The molecule has 2 heterocycles. The third-order valence-corrected chi connectivity index (χ3v) is 6.40. The number of aryl methyl sites for hydroxylation is 3. The summed E-state index contributed by atoms with van der Waals surface area (Å²) in [7, 11) is -1.49. The fourth-order valence-electron chi connectivity index (χ4n) is 3.24. The van der Waals surface area contributed by atoms with Crippen LogP contribution >= 0.6 is 0 Å². The van der Waals surface area contributed by atoms with E-state index >= 15 is 0 Å². The van der Waals surface area contributed by atoms with E-state index in [-0.39, 0.29) is 4.90 Å². The first kappa shape index (κ1) is 19.9. The van der Waals surface area contributed by atoms with Crippen molar-refractivity contribution in [3.63, 3.8) is 0 Å². The first-order valence-electron chi connectivity index (χ1n) is 9.31. The lowest BCUT2D eigenvalue weighted by atomic mass is 10.1. The van der Waals surface area contributed by atoms with E-state index < -0.39 is 10.0 Å². The van der Waals surface area contributed by atoms with Crippen molar-refractivity contribution in [1.29, 1.82) is 0 Å².